The molecule has 7 heteroatoms. The molecule has 1 amide bonds. The molecular formula is C17H20BrNO4S. The number of thioether (sulfide) groups is 1. The number of hydrogen-bond donors (Lipinski definition) is 1. The van der Waals surface area contributed by atoms with Gasteiger partial charge >= 0.3 is 5.97 Å². The lowest BCUT2D eigenvalue weighted by Gasteiger charge is -2.51. The number of carbonyl (C=O) groups excluding carboxylic acids is 2. The molecule has 0 radical (unpaired) electrons. The Bertz CT molecular complexity index is 666. The van der Waals surface area contributed by atoms with Crippen molar-refractivity contribution in [3.63, 3.8) is 0 Å². The van der Waals surface area contributed by atoms with Crippen molar-refractivity contribution >= 4 is 39.6 Å². The van der Waals surface area contributed by atoms with Gasteiger partial charge in [-0.2, -0.15) is 0 Å². The van der Waals surface area contributed by atoms with Gasteiger partial charge in [-0.3, -0.25) is 4.79 Å². The number of halogens is 1. The number of β-lactam (4-membered cyclic amide) rings is 1. The topological polar surface area (TPSA) is 66.8 Å². The molecule has 0 bridgehead atoms. The third-order valence-corrected chi connectivity index (χ3v) is 7.97. The van der Waals surface area contributed by atoms with Gasteiger partial charge in [0.2, 0.25) is 5.91 Å². The Morgan fingerprint density at radius 2 is 2.04 bits per heavy atom. The minimum atomic E-state index is -1.02. The third-order valence-electron chi connectivity index (χ3n) is 4.58. The van der Waals surface area contributed by atoms with Crippen LogP contribution >= 0.6 is 27.7 Å². The van der Waals surface area contributed by atoms with Gasteiger partial charge in [-0.15, -0.1) is 11.8 Å². The summed E-state index contributed by atoms with van der Waals surface area (Å²) < 4.78 is 3.94. The van der Waals surface area contributed by atoms with Crippen molar-refractivity contribution in [2.24, 2.45) is 0 Å². The van der Waals surface area contributed by atoms with E-state index < -0.39 is 27.2 Å². The van der Waals surface area contributed by atoms with Gasteiger partial charge < -0.3 is 14.7 Å². The van der Waals surface area contributed by atoms with Crippen molar-refractivity contribution in [3.05, 3.63) is 35.9 Å². The molecule has 1 unspecified atom stereocenters. The SMILES string of the molecule is CC(O)[C@]1(Br)C(=O)N2[C@@H](C(=O)OCc3ccccc3)C(C)(C)S[C@@H]21. The Hall–Kier alpha value is -1.05. The number of fused-ring (bicyclic) bond motifs is 1. The third kappa shape index (κ3) is 2.57. The standard InChI is InChI=1S/C17H20BrNO4S/c1-10(20)17(18)14(22)19-12(16(2,3)24-15(17)19)13(21)23-9-11-7-5-4-6-8-11/h4-8,10,12,15,20H,9H2,1-3H3/t10?,12-,15+,17-/m0/s1. The molecule has 130 valence electrons. The summed E-state index contributed by atoms with van der Waals surface area (Å²) in [4.78, 5) is 26.8. The van der Waals surface area contributed by atoms with Gasteiger partial charge in [-0.25, -0.2) is 4.79 Å². The summed E-state index contributed by atoms with van der Waals surface area (Å²) in [6.07, 6.45) is -0.839. The molecule has 1 N–H and O–H groups in total. The minimum Gasteiger partial charge on any atom is -0.459 e. The van der Waals surface area contributed by atoms with Crippen LogP contribution in [-0.4, -0.2) is 48.5 Å². The molecule has 24 heavy (non-hydrogen) atoms. The van der Waals surface area contributed by atoms with Crippen LogP contribution in [0.1, 0.15) is 26.3 Å². The average Bonchev–Trinajstić information content (AvgIpc) is 2.82. The Morgan fingerprint density at radius 3 is 2.62 bits per heavy atom. The number of rotatable bonds is 4. The number of aliphatic hydroxyl groups excluding tert-OH is 1. The molecule has 0 saturated carbocycles. The fourth-order valence-electron chi connectivity index (χ4n) is 3.22. The molecule has 0 spiro atoms. The molecule has 2 aliphatic heterocycles. The number of alkyl halides is 1. The molecule has 5 nitrogen and oxygen atoms in total. The molecule has 2 aliphatic rings. The highest BCUT2D eigenvalue weighted by Crippen LogP contribution is 2.59. The van der Waals surface area contributed by atoms with E-state index in [1.807, 2.05) is 44.2 Å². The Morgan fingerprint density at radius 1 is 1.42 bits per heavy atom. The van der Waals surface area contributed by atoms with E-state index in [1.54, 1.807) is 11.8 Å². The molecule has 0 aromatic heterocycles. The van der Waals surface area contributed by atoms with Crippen molar-refractivity contribution in [2.75, 3.05) is 0 Å². The predicted molar refractivity (Wildman–Crippen MR) is 95.7 cm³/mol. The highest BCUT2D eigenvalue weighted by molar-refractivity contribution is 9.10. The molecule has 1 aromatic carbocycles. The maximum atomic E-state index is 12.6. The van der Waals surface area contributed by atoms with E-state index in [4.69, 9.17) is 4.74 Å². The fraction of sp³-hybridized carbons (Fsp3) is 0.529. The number of amides is 1. The quantitative estimate of drug-likeness (QED) is 0.465. The zero-order valence-corrected chi connectivity index (χ0v) is 16.1. The molecule has 4 atom stereocenters. The zero-order chi connectivity index (χ0) is 17.7. The number of carbonyl (C=O) groups is 2. The summed E-state index contributed by atoms with van der Waals surface area (Å²) in [5.74, 6) is -0.672. The number of aliphatic hydroxyl groups is 1. The van der Waals surface area contributed by atoms with Crippen LogP contribution in [0.2, 0.25) is 0 Å². The minimum absolute atomic E-state index is 0.180. The number of nitrogens with zero attached hydrogens (tertiary/aromatic N) is 1. The second kappa shape index (κ2) is 6.04. The first-order valence-electron chi connectivity index (χ1n) is 7.77. The number of benzene rings is 1. The summed E-state index contributed by atoms with van der Waals surface area (Å²) in [7, 11) is 0. The van der Waals surface area contributed by atoms with Crippen molar-refractivity contribution in [3.8, 4) is 0 Å². The predicted octanol–water partition coefficient (Wildman–Crippen LogP) is 2.31. The van der Waals surface area contributed by atoms with E-state index in [-0.39, 0.29) is 17.9 Å². The Labute approximate surface area is 153 Å². The van der Waals surface area contributed by atoms with E-state index in [1.165, 1.54) is 11.8 Å². The van der Waals surface area contributed by atoms with Crippen LogP contribution in [0.4, 0.5) is 0 Å². The van der Waals surface area contributed by atoms with Crippen molar-refractivity contribution in [2.45, 2.75) is 54.0 Å². The number of ether oxygens (including phenoxy) is 1. The zero-order valence-electron chi connectivity index (χ0n) is 13.7. The summed E-state index contributed by atoms with van der Waals surface area (Å²) >= 11 is 4.91. The lowest BCUT2D eigenvalue weighted by atomic mass is 9.88. The highest BCUT2D eigenvalue weighted by Gasteiger charge is 2.72. The molecule has 0 aliphatic carbocycles. The Balaban J connectivity index is 1.76. The summed E-state index contributed by atoms with van der Waals surface area (Å²) in [6, 6.07) is 8.78. The van der Waals surface area contributed by atoms with Gasteiger partial charge in [0.05, 0.1) is 6.10 Å². The number of esters is 1. The van der Waals surface area contributed by atoms with E-state index in [2.05, 4.69) is 15.9 Å². The fourth-order valence-corrected chi connectivity index (χ4v) is 5.64. The smallest absolute Gasteiger partial charge is 0.330 e. The van der Waals surface area contributed by atoms with Crippen LogP contribution in [0.5, 0.6) is 0 Å². The first-order chi connectivity index (χ1) is 11.2. The van der Waals surface area contributed by atoms with Gasteiger partial charge in [-0.1, -0.05) is 46.3 Å². The normalized spacial score (nSPS) is 32.0. The maximum absolute atomic E-state index is 12.6. The molecule has 3 rings (SSSR count). The second-order valence-corrected chi connectivity index (χ2v) is 9.77. The second-order valence-electron chi connectivity index (χ2n) is 6.73. The van der Waals surface area contributed by atoms with Gasteiger partial charge in [-0.05, 0) is 26.3 Å². The van der Waals surface area contributed by atoms with Crippen LogP contribution < -0.4 is 0 Å². The molecule has 2 heterocycles. The maximum Gasteiger partial charge on any atom is 0.330 e. The van der Waals surface area contributed by atoms with Gasteiger partial charge in [0.25, 0.3) is 0 Å². The molecule has 2 saturated heterocycles. The summed E-state index contributed by atoms with van der Waals surface area (Å²) in [5.41, 5.74) is 0.902. The largest absolute Gasteiger partial charge is 0.459 e. The lowest BCUT2D eigenvalue weighted by molar-refractivity contribution is -0.167. The van der Waals surface area contributed by atoms with E-state index >= 15 is 0 Å². The van der Waals surface area contributed by atoms with E-state index in [0.717, 1.165) is 5.56 Å². The first kappa shape index (κ1) is 17.8. The number of hydrogen-bond acceptors (Lipinski definition) is 5. The highest BCUT2D eigenvalue weighted by atomic mass is 79.9. The monoisotopic (exact) mass is 413 g/mol. The van der Waals surface area contributed by atoms with Crippen LogP contribution in [0.3, 0.4) is 0 Å². The van der Waals surface area contributed by atoms with Crippen LogP contribution in [0.15, 0.2) is 30.3 Å². The van der Waals surface area contributed by atoms with Crippen LogP contribution in [-0.2, 0) is 20.9 Å². The van der Waals surface area contributed by atoms with Crippen molar-refractivity contribution in [1.29, 1.82) is 0 Å². The first-order valence-corrected chi connectivity index (χ1v) is 9.45. The van der Waals surface area contributed by atoms with Crippen molar-refractivity contribution in [1.82, 2.24) is 4.90 Å². The summed E-state index contributed by atoms with van der Waals surface area (Å²) in [6.45, 7) is 5.61. The van der Waals surface area contributed by atoms with Crippen LogP contribution in [0.25, 0.3) is 0 Å². The molecule has 2 fully saturated rings. The van der Waals surface area contributed by atoms with E-state index in [0.29, 0.717) is 0 Å². The average molecular weight is 414 g/mol. The molecular weight excluding hydrogens is 394 g/mol. The van der Waals surface area contributed by atoms with Crippen LogP contribution in [0, 0.1) is 0 Å². The van der Waals surface area contributed by atoms with Gasteiger partial charge in [0.1, 0.15) is 18.0 Å². The van der Waals surface area contributed by atoms with Gasteiger partial charge in [0.15, 0.2) is 4.32 Å². The van der Waals surface area contributed by atoms with E-state index in [9.17, 15) is 14.7 Å². The lowest BCUT2D eigenvalue weighted by Crippen LogP contribution is -2.74. The molecule has 1 aromatic rings. The summed E-state index contributed by atoms with van der Waals surface area (Å²) in [5, 5.41) is 9.69. The Kier molecular flexibility index (Phi) is 4.47. The van der Waals surface area contributed by atoms with Crippen molar-refractivity contribution < 1.29 is 19.4 Å². The van der Waals surface area contributed by atoms with Gasteiger partial charge in [0, 0.05) is 4.75 Å².